The molecule has 3 aromatic rings. The molecule has 0 spiro atoms. The summed E-state index contributed by atoms with van der Waals surface area (Å²) in [4.78, 5) is 0. The minimum absolute atomic E-state index is 0.0261. The van der Waals surface area contributed by atoms with E-state index in [1.165, 1.54) is 6.07 Å². The van der Waals surface area contributed by atoms with Gasteiger partial charge in [-0.2, -0.15) is 5.10 Å². The van der Waals surface area contributed by atoms with Gasteiger partial charge in [0.15, 0.2) is 0 Å². The van der Waals surface area contributed by atoms with Crippen molar-refractivity contribution in [2.24, 2.45) is 5.10 Å². The van der Waals surface area contributed by atoms with Crippen molar-refractivity contribution in [1.82, 2.24) is 5.01 Å². The highest BCUT2D eigenvalue weighted by Crippen LogP contribution is 2.47. The minimum atomic E-state index is -0.584. The summed E-state index contributed by atoms with van der Waals surface area (Å²) in [5, 5.41) is 6.75. The monoisotopic (exact) mass is 422 g/mol. The van der Waals surface area contributed by atoms with Crippen molar-refractivity contribution in [1.29, 1.82) is 0 Å². The number of benzene rings is 3. The molecule has 5 rings (SSSR count). The smallest absolute Gasteiger partial charge is 0.216 e. The summed E-state index contributed by atoms with van der Waals surface area (Å²) in [6.45, 7) is 0. The highest BCUT2D eigenvalue weighted by Gasteiger charge is 2.41. The molecule has 27 heavy (non-hydrogen) atoms. The fourth-order valence-electron chi connectivity index (χ4n) is 3.73. The molecule has 0 saturated heterocycles. The highest BCUT2D eigenvalue weighted by atomic mass is 79.9. The molecule has 2 atom stereocenters. The summed E-state index contributed by atoms with van der Waals surface area (Å²) >= 11 is 3.47. The maximum absolute atomic E-state index is 14.5. The summed E-state index contributed by atoms with van der Waals surface area (Å²) in [6, 6.07) is 22.8. The predicted octanol–water partition coefficient (Wildman–Crippen LogP) is 5.83. The van der Waals surface area contributed by atoms with Gasteiger partial charge in [0.05, 0.1) is 17.3 Å². The van der Waals surface area contributed by atoms with Crippen LogP contribution in [-0.4, -0.2) is 10.7 Å². The Labute approximate surface area is 165 Å². The summed E-state index contributed by atoms with van der Waals surface area (Å²) in [5.74, 6) is 0.507. The molecule has 0 aromatic heterocycles. The van der Waals surface area contributed by atoms with E-state index in [4.69, 9.17) is 9.84 Å². The first-order chi connectivity index (χ1) is 13.2. The Morgan fingerprint density at radius 1 is 0.926 bits per heavy atom. The van der Waals surface area contributed by atoms with Crippen LogP contribution in [0.4, 0.5) is 4.39 Å². The second kappa shape index (κ2) is 6.50. The number of hydrogen-bond donors (Lipinski definition) is 0. The van der Waals surface area contributed by atoms with E-state index in [1.807, 2.05) is 53.5 Å². The normalized spacial score (nSPS) is 20.5. The van der Waals surface area contributed by atoms with Gasteiger partial charge in [0.1, 0.15) is 11.6 Å². The molecular formula is C22H16BrFN2O. The number of fused-ring (bicyclic) bond motifs is 3. The Kier molecular flexibility index (Phi) is 3.97. The van der Waals surface area contributed by atoms with Crippen LogP contribution in [-0.2, 0) is 0 Å². The minimum Gasteiger partial charge on any atom is -0.464 e. The summed E-state index contributed by atoms with van der Waals surface area (Å²) in [6.07, 6.45) is 0.173. The first-order valence-electron chi connectivity index (χ1n) is 8.82. The highest BCUT2D eigenvalue weighted by molar-refractivity contribution is 9.10. The van der Waals surface area contributed by atoms with Crippen LogP contribution in [0.2, 0.25) is 0 Å². The van der Waals surface area contributed by atoms with Gasteiger partial charge in [0, 0.05) is 16.5 Å². The Morgan fingerprint density at radius 3 is 2.41 bits per heavy atom. The number of para-hydroxylation sites is 1. The fourth-order valence-corrected chi connectivity index (χ4v) is 4.00. The zero-order chi connectivity index (χ0) is 18.4. The van der Waals surface area contributed by atoms with Crippen molar-refractivity contribution in [3.8, 4) is 5.75 Å². The average molecular weight is 423 g/mol. The van der Waals surface area contributed by atoms with E-state index in [0.29, 0.717) is 5.56 Å². The fraction of sp³-hybridized carbons (Fsp3) is 0.136. The van der Waals surface area contributed by atoms with Crippen LogP contribution in [0.3, 0.4) is 0 Å². The van der Waals surface area contributed by atoms with Gasteiger partial charge in [-0.1, -0.05) is 64.5 Å². The Balaban J connectivity index is 1.61. The van der Waals surface area contributed by atoms with Gasteiger partial charge in [-0.05, 0) is 29.8 Å². The summed E-state index contributed by atoms with van der Waals surface area (Å²) in [7, 11) is 0. The Morgan fingerprint density at radius 2 is 1.63 bits per heavy atom. The lowest BCUT2D eigenvalue weighted by atomic mass is 9.96. The lowest BCUT2D eigenvalue weighted by Gasteiger charge is -2.38. The average Bonchev–Trinajstić information content (AvgIpc) is 3.14. The van der Waals surface area contributed by atoms with E-state index in [-0.39, 0.29) is 11.9 Å². The number of halogens is 2. The van der Waals surface area contributed by atoms with Crippen LogP contribution in [0.15, 0.2) is 82.4 Å². The largest absolute Gasteiger partial charge is 0.464 e. The predicted molar refractivity (Wildman–Crippen MR) is 106 cm³/mol. The van der Waals surface area contributed by atoms with Gasteiger partial charge in [0.2, 0.25) is 6.23 Å². The van der Waals surface area contributed by atoms with Crippen LogP contribution in [0.1, 0.15) is 35.4 Å². The van der Waals surface area contributed by atoms with Crippen LogP contribution >= 0.6 is 15.9 Å². The number of hydrazone groups is 1. The van der Waals surface area contributed by atoms with E-state index >= 15 is 0 Å². The summed E-state index contributed by atoms with van der Waals surface area (Å²) < 4.78 is 21.7. The van der Waals surface area contributed by atoms with Crippen molar-refractivity contribution in [3.63, 3.8) is 0 Å². The van der Waals surface area contributed by atoms with E-state index < -0.39 is 6.23 Å². The third-order valence-electron chi connectivity index (χ3n) is 5.05. The molecule has 3 aromatic carbocycles. The lowest BCUT2D eigenvalue weighted by Crippen LogP contribution is -2.34. The second-order valence-electron chi connectivity index (χ2n) is 6.68. The third kappa shape index (κ3) is 2.82. The van der Waals surface area contributed by atoms with Crippen LogP contribution < -0.4 is 4.74 Å². The van der Waals surface area contributed by atoms with E-state index in [2.05, 4.69) is 22.0 Å². The number of nitrogens with zero attached hydrogens (tertiary/aromatic N) is 2. The molecule has 0 amide bonds. The SMILES string of the molecule is Fc1ccccc1[C@@H]1Oc2ccccc2[C@H]2CC(c3ccc(Br)cc3)=NN21. The maximum Gasteiger partial charge on any atom is 0.216 e. The molecule has 0 unspecified atom stereocenters. The molecule has 2 aliphatic rings. The van der Waals surface area contributed by atoms with Crippen LogP contribution in [0, 0.1) is 5.82 Å². The van der Waals surface area contributed by atoms with Gasteiger partial charge >= 0.3 is 0 Å². The van der Waals surface area contributed by atoms with E-state index in [0.717, 1.165) is 33.5 Å². The van der Waals surface area contributed by atoms with E-state index in [1.54, 1.807) is 12.1 Å². The van der Waals surface area contributed by atoms with Gasteiger partial charge in [0.25, 0.3) is 0 Å². The van der Waals surface area contributed by atoms with Gasteiger partial charge < -0.3 is 4.74 Å². The maximum atomic E-state index is 14.5. The number of ether oxygens (including phenoxy) is 1. The first kappa shape index (κ1) is 16.5. The van der Waals surface area contributed by atoms with E-state index in [9.17, 15) is 4.39 Å². The Bertz CT molecular complexity index is 1030. The molecule has 3 nitrogen and oxygen atoms in total. The molecular weight excluding hydrogens is 407 g/mol. The van der Waals surface area contributed by atoms with Crippen LogP contribution in [0.25, 0.3) is 0 Å². The molecule has 0 saturated carbocycles. The Hall–Kier alpha value is -2.66. The lowest BCUT2D eigenvalue weighted by molar-refractivity contribution is -0.0212. The van der Waals surface area contributed by atoms with Crippen molar-refractivity contribution >= 4 is 21.6 Å². The molecule has 0 aliphatic carbocycles. The number of rotatable bonds is 2. The topological polar surface area (TPSA) is 24.8 Å². The quantitative estimate of drug-likeness (QED) is 0.518. The molecule has 0 N–H and O–H groups in total. The standard InChI is InChI=1S/C22H16BrFN2O/c23-15-11-9-14(10-12-15)19-13-20-17-6-2-4-8-21(17)27-22(26(20)25-19)16-5-1-3-7-18(16)24/h1-12,20,22H,13H2/t20-,22+/m1/s1. The molecule has 0 bridgehead atoms. The molecule has 0 fully saturated rings. The second-order valence-corrected chi connectivity index (χ2v) is 7.60. The molecule has 2 heterocycles. The van der Waals surface area contributed by atoms with Crippen molar-refractivity contribution in [2.75, 3.05) is 0 Å². The molecule has 0 radical (unpaired) electrons. The van der Waals surface area contributed by atoms with Gasteiger partial charge in [-0.25, -0.2) is 9.40 Å². The van der Waals surface area contributed by atoms with Crippen molar-refractivity contribution < 1.29 is 9.13 Å². The molecule has 134 valence electrons. The van der Waals surface area contributed by atoms with Crippen LogP contribution in [0.5, 0.6) is 5.75 Å². The third-order valence-corrected chi connectivity index (χ3v) is 5.58. The molecule has 2 aliphatic heterocycles. The molecule has 5 heteroatoms. The van der Waals surface area contributed by atoms with Crippen molar-refractivity contribution in [2.45, 2.75) is 18.7 Å². The number of hydrogen-bond acceptors (Lipinski definition) is 3. The summed E-state index contributed by atoms with van der Waals surface area (Å²) in [5.41, 5.74) is 3.63. The zero-order valence-electron chi connectivity index (χ0n) is 14.3. The van der Waals surface area contributed by atoms with Gasteiger partial charge in [-0.15, -0.1) is 0 Å². The van der Waals surface area contributed by atoms with Crippen molar-refractivity contribution in [3.05, 3.63) is 99.8 Å². The zero-order valence-corrected chi connectivity index (χ0v) is 15.9. The first-order valence-corrected chi connectivity index (χ1v) is 9.62. The van der Waals surface area contributed by atoms with Gasteiger partial charge in [-0.3, -0.25) is 0 Å².